The zero-order valence-electron chi connectivity index (χ0n) is 11.2. The van der Waals surface area contributed by atoms with Gasteiger partial charge in [-0.2, -0.15) is 0 Å². The van der Waals surface area contributed by atoms with Crippen LogP contribution in [0.5, 0.6) is 0 Å². The minimum atomic E-state index is -1.09. The Morgan fingerprint density at radius 1 is 1.32 bits per heavy atom. The summed E-state index contributed by atoms with van der Waals surface area (Å²) in [6.07, 6.45) is 5.82. The molecule has 1 fully saturated rings. The van der Waals surface area contributed by atoms with Crippen LogP contribution in [0.15, 0.2) is 18.2 Å². The molecule has 0 bridgehead atoms. The number of halogens is 1. The van der Waals surface area contributed by atoms with Crippen LogP contribution >= 0.6 is 0 Å². The highest BCUT2D eigenvalue weighted by atomic mass is 19.1. The molecule has 4 heteroatoms. The molecular formula is C15H20FNO2. The topological polar surface area (TPSA) is 49.3 Å². The Morgan fingerprint density at radius 3 is 2.79 bits per heavy atom. The highest BCUT2D eigenvalue weighted by molar-refractivity contribution is 5.94. The highest BCUT2D eigenvalue weighted by Crippen LogP contribution is 2.27. The van der Waals surface area contributed by atoms with Crippen molar-refractivity contribution in [3.63, 3.8) is 0 Å². The second kappa shape index (κ2) is 6.04. The van der Waals surface area contributed by atoms with E-state index < -0.39 is 11.8 Å². The molecule has 0 radical (unpaired) electrons. The van der Waals surface area contributed by atoms with Crippen LogP contribution in [0.4, 0.5) is 10.1 Å². The monoisotopic (exact) mass is 265 g/mol. The Balaban J connectivity index is 2.19. The fraction of sp³-hybridized carbons (Fsp3) is 0.533. The Morgan fingerprint density at radius 2 is 2.05 bits per heavy atom. The van der Waals surface area contributed by atoms with Crippen molar-refractivity contribution in [2.75, 3.05) is 5.32 Å². The number of carboxylic acids is 1. The van der Waals surface area contributed by atoms with E-state index in [4.69, 9.17) is 5.11 Å². The van der Waals surface area contributed by atoms with E-state index >= 15 is 0 Å². The minimum Gasteiger partial charge on any atom is -0.478 e. The van der Waals surface area contributed by atoms with Crippen molar-refractivity contribution in [3.05, 3.63) is 29.6 Å². The lowest BCUT2D eigenvalue weighted by molar-refractivity contribution is 0.0697. The van der Waals surface area contributed by atoms with Crippen LogP contribution in [0.2, 0.25) is 0 Å². The van der Waals surface area contributed by atoms with Crippen molar-refractivity contribution in [2.45, 2.75) is 45.1 Å². The number of rotatable bonds is 3. The van der Waals surface area contributed by atoms with E-state index in [9.17, 15) is 9.18 Å². The van der Waals surface area contributed by atoms with Crippen molar-refractivity contribution in [2.24, 2.45) is 5.92 Å². The van der Waals surface area contributed by atoms with Gasteiger partial charge >= 0.3 is 5.97 Å². The largest absolute Gasteiger partial charge is 0.478 e. The van der Waals surface area contributed by atoms with Crippen LogP contribution in [-0.4, -0.2) is 17.1 Å². The maximum Gasteiger partial charge on any atom is 0.337 e. The van der Waals surface area contributed by atoms with Gasteiger partial charge in [0.2, 0.25) is 0 Å². The lowest BCUT2D eigenvalue weighted by atomic mass is 9.96. The summed E-state index contributed by atoms with van der Waals surface area (Å²) in [7, 11) is 0. The molecule has 2 rings (SSSR count). The van der Waals surface area contributed by atoms with E-state index in [1.165, 1.54) is 25.0 Å². The van der Waals surface area contributed by atoms with Gasteiger partial charge in [0.25, 0.3) is 0 Å². The zero-order valence-corrected chi connectivity index (χ0v) is 11.2. The van der Waals surface area contributed by atoms with Crippen LogP contribution in [0, 0.1) is 11.7 Å². The van der Waals surface area contributed by atoms with Gasteiger partial charge < -0.3 is 10.4 Å². The van der Waals surface area contributed by atoms with Gasteiger partial charge in [0.15, 0.2) is 0 Å². The minimum absolute atomic E-state index is 0.0106. The van der Waals surface area contributed by atoms with Crippen molar-refractivity contribution in [3.8, 4) is 0 Å². The van der Waals surface area contributed by atoms with Crippen LogP contribution in [0.25, 0.3) is 0 Å². The van der Waals surface area contributed by atoms with Gasteiger partial charge in [-0.15, -0.1) is 0 Å². The molecule has 1 aromatic rings. The third-order valence-corrected chi connectivity index (χ3v) is 3.91. The number of benzene rings is 1. The lowest BCUT2D eigenvalue weighted by Gasteiger charge is -2.24. The van der Waals surface area contributed by atoms with Gasteiger partial charge in [-0.3, -0.25) is 0 Å². The van der Waals surface area contributed by atoms with E-state index in [1.54, 1.807) is 0 Å². The average Bonchev–Trinajstić information content (AvgIpc) is 2.57. The van der Waals surface area contributed by atoms with Crippen molar-refractivity contribution in [1.29, 1.82) is 0 Å². The molecule has 1 aromatic carbocycles. The number of hydrogen-bond donors (Lipinski definition) is 2. The number of carbonyl (C=O) groups is 1. The summed E-state index contributed by atoms with van der Waals surface area (Å²) in [5.41, 5.74) is 0.532. The molecule has 0 heterocycles. The summed E-state index contributed by atoms with van der Waals surface area (Å²) >= 11 is 0. The quantitative estimate of drug-likeness (QED) is 0.815. The summed E-state index contributed by atoms with van der Waals surface area (Å²) in [6, 6.07) is 4.17. The van der Waals surface area contributed by atoms with Crippen LogP contribution in [0.3, 0.4) is 0 Å². The number of hydrogen-bond acceptors (Lipinski definition) is 2. The Hall–Kier alpha value is -1.58. The molecule has 0 aliphatic heterocycles. The molecule has 1 saturated carbocycles. The number of aromatic carboxylic acids is 1. The van der Waals surface area contributed by atoms with Crippen LogP contribution in [-0.2, 0) is 0 Å². The van der Waals surface area contributed by atoms with E-state index in [2.05, 4.69) is 12.2 Å². The van der Waals surface area contributed by atoms with Crippen LogP contribution in [0.1, 0.15) is 49.4 Å². The summed E-state index contributed by atoms with van der Waals surface area (Å²) in [5.74, 6) is -1.10. The summed E-state index contributed by atoms with van der Waals surface area (Å²) < 4.78 is 13.1. The molecule has 2 N–H and O–H groups in total. The third kappa shape index (κ3) is 3.46. The van der Waals surface area contributed by atoms with Gasteiger partial charge in [-0.05, 0) is 37.0 Å². The average molecular weight is 265 g/mol. The smallest absolute Gasteiger partial charge is 0.337 e. The zero-order chi connectivity index (χ0) is 13.8. The molecule has 104 valence electrons. The second-order valence-corrected chi connectivity index (χ2v) is 5.36. The first-order valence-corrected chi connectivity index (χ1v) is 6.87. The Bertz CT molecular complexity index is 461. The molecule has 19 heavy (non-hydrogen) atoms. The van der Waals surface area contributed by atoms with Gasteiger partial charge in [0.05, 0.1) is 5.56 Å². The Labute approximate surface area is 112 Å². The summed E-state index contributed by atoms with van der Waals surface area (Å²) in [5, 5.41) is 12.4. The van der Waals surface area contributed by atoms with Crippen molar-refractivity contribution >= 4 is 11.7 Å². The first-order valence-electron chi connectivity index (χ1n) is 6.87. The predicted octanol–water partition coefficient (Wildman–Crippen LogP) is 3.90. The van der Waals surface area contributed by atoms with Crippen molar-refractivity contribution < 1.29 is 14.3 Å². The predicted molar refractivity (Wildman–Crippen MR) is 73.0 cm³/mol. The van der Waals surface area contributed by atoms with Gasteiger partial charge in [-0.25, -0.2) is 9.18 Å². The Kier molecular flexibility index (Phi) is 4.40. The first-order chi connectivity index (χ1) is 9.08. The van der Waals surface area contributed by atoms with Gasteiger partial charge in [0.1, 0.15) is 5.82 Å². The first kappa shape index (κ1) is 13.8. The lowest BCUT2D eigenvalue weighted by Crippen LogP contribution is -2.27. The highest BCUT2D eigenvalue weighted by Gasteiger charge is 2.21. The van der Waals surface area contributed by atoms with Gasteiger partial charge in [0, 0.05) is 11.7 Å². The molecule has 2 unspecified atom stereocenters. The molecule has 3 nitrogen and oxygen atoms in total. The standard InChI is InChI=1S/C15H20FNO2/c1-10-5-3-2-4-6-13(10)17-14-8-7-11(16)9-12(14)15(18)19/h7-10,13,17H,2-6H2,1H3,(H,18,19). The maximum absolute atomic E-state index is 13.1. The third-order valence-electron chi connectivity index (χ3n) is 3.91. The van der Waals surface area contributed by atoms with Crippen LogP contribution < -0.4 is 5.32 Å². The van der Waals surface area contributed by atoms with E-state index in [0.29, 0.717) is 11.6 Å². The molecule has 0 amide bonds. The van der Waals surface area contributed by atoms with Crippen molar-refractivity contribution in [1.82, 2.24) is 0 Å². The van der Waals surface area contributed by atoms with E-state index in [1.807, 2.05) is 0 Å². The maximum atomic E-state index is 13.1. The number of nitrogens with one attached hydrogen (secondary N) is 1. The molecule has 2 atom stereocenters. The molecule has 1 aliphatic carbocycles. The van der Waals surface area contributed by atoms with E-state index in [0.717, 1.165) is 25.3 Å². The van der Waals surface area contributed by atoms with Gasteiger partial charge in [-0.1, -0.05) is 26.2 Å². The normalized spacial score (nSPS) is 23.7. The molecule has 0 aromatic heterocycles. The number of anilines is 1. The summed E-state index contributed by atoms with van der Waals surface area (Å²) in [4.78, 5) is 11.2. The van der Waals surface area contributed by atoms with E-state index in [-0.39, 0.29) is 11.6 Å². The number of carboxylic acid groups (broad SMARTS) is 1. The SMILES string of the molecule is CC1CCCCCC1Nc1ccc(F)cc1C(=O)O. The molecular weight excluding hydrogens is 245 g/mol. The second-order valence-electron chi connectivity index (χ2n) is 5.36. The fourth-order valence-corrected chi connectivity index (χ4v) is 2.73. The molecule has 0 saturated heterocycles. The molecule has 0 spiro atoms. The fourth-order valence-electron chi connectivity index (χ4n) is 2.73. The molecule has 1 aliphatic rings. The summed E-state index contributed by atoms with van der Waals surface area (Å²) in [6.45, 7) is 2.19.